The van der Waals surface area contributed by atoms with Gasteiger partial charge in [-0.25, -0.2) is 9.29 Å². The van der Waals surface area contributed by atoms with Gasteiger partial charge in [0.2, 0.25) is 0 Å². The van der Waals surface area contributed by atoms with Gasteiger partial charge in [0.15, 0.2) is 0 Å². The van der Waals surface area contributed by atoms with Crippen molar-refractivity contribution in [2.75, 3.05) is 19.6 Å². The summed E-state index contributed by atoms with van der Waals surface area (Å²) in [5, 5.41) is 0. The Morgan fingerprint density at radius 2 is 2.00 bits per heavy atom. The topological polar surface area (TPSA) is 7.68 Å². The molecule has 0 amide bonds. The summed E-state index contributed by atoms with van der Waals surface area (Å²) < 4.78 is 13.6. The van der Waals surface area contributed by atoms with Crippen LogP contribution in [0.15, 0.2) is 0 Å². The van der Waals surface area contributed by atoms with E-state index in [0.717, 1.165) is 37.4 Å². The molecule has 3 fully saturated rings. The van der Waals surface area contributed by atoms with Crippen molar-refractivity contribution in [3.05, 3.63) is 0 Å². The monoisotopic (exact) mass is 269 g/mol. The van der Waals surface area contributed by atoms with Gasteiger partial charge in [-0.2, -0.15) is 0 Å². The minimum absolute atomic E-state index is 0.516. The zero-order valence-corrected chi connectivity index (χ0v) is 12.6. The lowest BCUT2D eigenvalue weighted by molar-refractivity contribution is -0.943. The molecule has 0 spiro atoms. The number of hydrogen-bond donors (Lipinski definition) is 1. The van der Waals surface area contributed by atoms with Crippen LogP contribution >= 0.6 is 0 Å². The number of fused-ring (bicyclic) bond motifs is 1. The zero-order chi connectivity index (χ0) is 13.4. The van der Waals surface area contributed by atoms with E-state index in [9.17, 15) is 4.39 Å². The second-order valence-corrected chi connectivity index (χ2v) is 7.45. The second kappa shape index (κ2) is 5.69. The van der Waals surface area contributed by atoms with Gasteiger partial charge >= 0.3 is 0 Å². The number of hydrogen-bond acceptors (Lipinski definition) is 1. The number of rotatable bonds is 2. The van der Waals surface area contributed by atoms with Crippen molar-refractivity contribution >= 4 is 0 Å². The van der Waals surface area contributed by atoms with Gasteiger partial charge in [-0.3, -0.25) is 0 Å². The van der Waals surface area contributed by atoms with Gasteiger partial charge in [0.05, 0.1) is 19.1 Å². The van der Waals surface area contributed by atoms with Crippen molar-refractivity contribution in [2.45, 2.75) is 70.8 Å². The maximum atomic E-state index is 13.6. The van der Waals surface area contributed by atoms with Crippen LogP contribution in [0.1, 0.15) is 52.4 Å². The van der Waals surface area contributed by atoms with Crippen LogP contribution in [0.2, 0.25) is 0 Å². The number of nitrogens with zero attached hydrogens (tertiary/aromatic N) is 1. The van der Waals surface area contributed by atoms with Crippen LogP contribution < -0.4 is 4.90 Å². The summed E-state index contributed by atoms with van der Waals surface area (Å²) in [4.78, 5) is 4.47. The van der Waals surface area contributed by atoms with Gasteiger partial charge in [-0.1, -0.05) is 13.3 Å². The van der Waals surface area contributed by atoms with Gasteiger partial charge in [-0.05, 0) is 38.5 Å². The average molecular weight is 269 g/mol. The molecule has 3 rings (SSSR count). The van der Waals surface area contributed by atoms with Crippen molar-refractivity contribution in [3.63, 3.8) is 0 Å². The summed E-state index contributed by atoms with van der Waals surface area (Å²) in [5.74, 6) is 1.51. The third kappa shape index (κ3) is 2.97. The van der Waals surface area contributed by atoms with E-state index in [2.05, 4.69) is 18.7 Å². The smallest absolute Gasteiger partial charge is 0.144 e. The molecule has 110 valence electrons. The first-order valence-corrected chi connectivity index (χ1v) is 8.37. The third-order valence-corrected chi connectivity index (χ3v) is 5.79. The van der Waals surface area contributed by atoms with Crippen LogP contribution in [0, 0.1) is 11.8 Å². The van der Waals surface area contributed by atoms with Gasteiger partial charge < -0.3 is 4.90 Å². The van der Waals surface area contributed by atoms with Crippen molar-refractivity contribution in [1.82, 2.24) is 4.90 Å². The summed E-state index contributed by atoms with van der Waals surface area (Å²) in [6, 6.07) is 0.746. The Morgan fingerprint density at radius 1 is 1.16 bits per heavy atom. The summed E-state index contributed by atoms with van der Waals surface area (Å²) in [5.41, 5.74) is 0. The molecule has 19 heavy (non-hydrogen) atoms. The number of nitrogens with one attached hydrogen (secondary N) is 1. The van der Waals surface area contributed by atoms with Crippen LogP contribution in [0.5, 0.6) is 0 Å². The zero-order valence-electron chi connectivity index (χ0n) is 12.6. The molecular weight excluding hydrogens is 239 g/mol. The fourth-order valence-corrected chi connectivity index (χ4v) is 4.67. The van der Waals surface area contributed by atoms with Gasteiger partial charge in [0, 0.05) is 18.9 Å². The predicted molar refractivity (Wildman–Crippen MR) is 75.9 cm³/mol. The van der Waals surface area contributed by atoms with Crippen LogP contribution in [0.25, 0.3) is 0 Å². The molecule has 6 unspecified atom stereocenters. The summed E-state index contributed by atoms with van der Waals surface area (Å²) in [6.45, 7) is 8.56. The minimum Gasteiger partial charge on any atom is -0.316 e. The fraction of sp³-hybridized carbons (Fsp3) is 1.00. The van der Waals surface area contributed by atoms with E-state index < -0.39 is 6.17 Å². The number of halogens is 1. The van der Waals surface area contributed by atoms with E-state index >= 15 is 0 Å². The quantitative estimate of drug-likeness (QED) is 0.804. The lowest BCUT2D eigenvalue weighted by atomic mass is 9.87. The fourth-order valence-electron chi connectivity index (χ4n) is 4.67. The maximum absolute atomic E-state index is 13.6. The number of quaternary nitrogens is 1. The van der Waals surface area contributed by atoms with Gasteiger partial charge in [-0.15, -0.1) is 0 Å². The molecule has 3 aliphatic rings. The van der Waals surface area contributed by atoms with Gasteiger partial charge in [0.25, 0.3) is 0 Å². The molecule has 0 aromatic carbocycles. The molecule has 2 saturated heterocycles. The molecule has 1 aliphatic carbocycles. The molecule has 1 N–H and O–H groups in total. The first-order valence-electron chi connectivity index (χ1n) is 8.37. The van der Waals surface area contributed by atoms with Crippen LogP contribution in [0.3, 0.4) is 0 Å². The number of alkyl halides is 1. The summed E-state index contributed by atoms with van der Waals surface area (Å²) >= 11 is 0. The SMILES string of the molecule is CC1CCN2CC(C)[NH+](CC3CCCC(F)C3)C2C1. The predicted octanol–water partition coefficient (Wildman–Crippen LogP) is 1.86. The lowest BCUT2D eigenvalue weighted by Gasteiger charge is -2.36. The Kier molecular flexibility index (Phi) is 4.14. The first kappa shape index (κ1) is 13.8. The summed E-state index contributed by atoms with van der Waals surface area (Å²) in [6.07, 6.45) is 6.96. The van der Waals surface area contributed by atoms with E-state index in [4.69, 9.17) is 0 Å². The highest BCUT2D eigenvalue weighted by Gasteiger charge is 2.44. The van der Waals surface area contributed by atoms with E-state index in [0.29, 0.717) is 5.92 Å². The molecule has 1 saturated carbocycles. The largest absolute Gasteiger partial charge is 0.316 e. The van der Waals surface area contributed by atoms with E-state index in [1.807, 2.05) is 0 Å². The summed E-state index contributed by atoms with van der Waals surface area (Å²) in [7, 11) is 0. The molecule has 2 heterocycles. The minimum atomic E-state index is -0.516. The molecule has 0 aromatic rings. The van der Waals surface area contributed by atoms with Gasteiger partial charge in [0.1, 0.15) is 12.3 Å². The van der Waals surface area contributed by atoms with Crippen LogP contribution in [-0.4, -0.2) is 42.9 Å². The number of piperidine rings is 1. The average Bonchev–Trinajstić information content (AvgIpc) is 2.66. The van der Waals surface area contributed by atoms with Crippen molar-refractivity contribution in [3.8, 4) is 0 Å². The first-order chi connectivity index (χ1) is 9.13. The molecule has 0 bridgehead atoms. The molecule has 0 radical (unpaired) electrons. The van der Waals surface area contributed by atoms with Crippen molar-refractivity contribution < 1.29 is 9.29 Å². The standard InChI is InChI=1S/C16H29FN2/c1-12-6-7-18-10-13(2)19(16(18)8-12)11-14-4-3-5-15(17)9-14/h12-16H,3-11H2,1-2H3/p+1. The Balaban J connectivity index is 1.62. The Labute approximate surface area is 117 Å². The Morgan fingerprint density at radius 3 is 2.79 bits per heavy atom. The van der Waals surface area contributed by atoms with E-state index in [1.54, 1.807) is 4.90 Å². The highest BCUT2D eigenvalue weighted by atomic mass is 19.1. The van der Waals surface area contributed by atoms with Crippen LogP contribution in [0.4, 0.5) is 4.39 Å². The third-order valence-electron chi connectivity index (χ3n) is 5.79. The second-order valence-electron chi connectivity index (χ2n) is 7.45. The molecule has 2 nitrogen and oxygen atoms in total. The molecule has 6 atom stereocenters. The highest BCUT2D eigenvalue weighted by molar-refractivity contribution is 4.81. The normalized spacial score (nSPS) is 48.2. The van der Waals surface area contributed by atoms with Crippen LogP contribution in [-0.2, 0) is 0 Å². The lowest BCUT2D eigenvalue weighted by Crippen LogP contribution is -3.18. The molecular formula is C16H30FN2+. The Bertz CT molecular complexity index is 309. The highest BCUT2D eigenvalue weighted by Crippen LogP contribution is 2.27. The van der Waals surface area contributed by atoms with E-state index in [1.165, 1.54) is 38.9 Å². The Hall–Kier alpha value is -0.150. The van der Waals surface area contributed by atoms with Crippen molar-refractivity contribution in [2.24, 2.45) is 11.8 Å². The van der Waals surface area contributed by atoms with Crippen molar-refractivity contribution in [1.29, 1.82) is 0 Å². The molecule has 0 aromatic heterocycles. The maximum Gasteiger partial charge on any atom is 0.144 e. The van der Waals surface area contributed by atoms with E-state index in [-0.39, 0.29) is 0 Å². The molecule has 2 aliphatic heterocycles. The molecule has 3 heteroatoms.